The van der Waals surface area contributed by atoms with Gasteiger partial charge in [-0.1, -0.05) is 12.1 Å². The van der Waals surface area contributed by atoms with Crippen LogP contribution in [0.2, 0.25) is 0 Å². The second-order valence-electron chi connectivity index (χ2n) is 5.94. The maximum atomic E-state index is 12.5. The Morgan fingerprint density at radius 1 is 1.28 bits per heavy atom. The molecule has 25 heavy (non-hydrogen) atoms. The van der Waals surface area contributed by atoms with Gasteiger partial charge in [-0.25, -0.2) is 13.1 Å². The van der Waals surface area contributed by atoms with Gasteiger partial charge in [-0.3, -0.25) is 4.79 Å². The lowest BCUT2D eigenvalue weighted by Crippen LogP contribution is -2.30. The molecule has 5 nitrogen and oxygen atoms in total. The monoisotopic (exact) mass is 376 g/mol. The molecule has 0 aliphatic heterocycles. The number of carbonyl (C=O) groups is 1. The van der Waals surface area contributed by atoms with Crippen LogP contribution in [0.3, 0.4) is 0 Å². The van der Waals surface area contributed by atoms with Crippen molar-refractivity contribution in [2.24, 2.45) is 0 Å². The minimum Gasteiger partial charge on any atom is -0.332 e. The number of sulfonamides is 1. The van der Waals surface area contributed by atoms with Crippen LogP contribution >= 0.6 is 11.3 Å². The maximum Gasteiger partial charge on any atom is 0.247 e. The largest absolute Gasteiger partial charge is 0.332 e. The number of hydrogen-bond donors (Lipinski definition) is 1. The molecule has 1 aromatic carbocycles. The summed E-state index contributed by atoms with van der Waals surface area (Å²) >= 11 is 1.63. The van der Waals surface area contributed by atoms with E-state index in [4.69, 9.17) is 0 Å². The summed E-state index contributed by atoms with van der Waals surface area (Å²) in [6.45, 7) is 0.636. The molecule has 7 heteroatoms. The van der Waals surface area contributed by atoms with E-state index in [9.17, 15) is 13.2 Å². The van der Waals surface area contributed by atoms with Gasteiger partial charge in [0.15, 0.2) is 0 Å². The number of nitrogens with zero attached hydrogens (tertiary/aromatic N) is 1. The SMILES string of the molecule is CNS(=O)(=O)c1ccc(/C=C/C(=O)N(Cc2ccsc2)C2CC2)cc1. The van der Waals surface area contributed by atoms with E-state index in [2.05, 4.69) is 10.1 Å². The predicted octanol–water partition coefficient (Wildman–Crippen LogP) is 2.86. The van der Waals surface area contributed by atoms with Crippen LogP contribution < -0.4 is 4.72 Å². The first-order valence-corrected chi connectivity index (χ1v) is 10.5. The molecule has 2 aromatic rings. The summed E-state index contributed by atoms with van der Waals surface area (Å²) in [6.07, 6.45) is 5.40. The van der Waals surface area contributed by atoms with Crippen molar-refractivity contribution in [2.75, 3.05) is 7.05 Å². The zero-order valence-electron chi connectivity index (χ0n) is 13.9. The maximum absolute atomic E-state index is 12.5. The number of carbonyl (C=O) groups excluding carboxylic acids is 1. The van der Waals surface area contributed by atoms with E-state index in [1.165, 1.54) is 19.2 Å². The second kappa shape index (κ2) is 7.51. The van der Waals surface area contributed by atoms with Gasteiger partial charge >= 0.3 is 0 Å². The van der Waals surface area contributed by atoms with Gasteiger partial charge in [0.25, 0.3) is 0 Å². The fourth-order valence-electron chi connectivity index (χ4n) is 2.49. The molecular weight excluding hydrogens is 356 g/mol. The smallest absolute Gasteiger partial charge is 0.247 e. The summed E-state index contributed by atoms with van der Waals surface area (Å²) in [7, 11) is -2.06. The number of benzene rings is 1. The van der Waals surface area contributed by atoms with E-state index in [-0.39, 0.29) is 10.8 Å². The Labute approximate surface area is 152 Å². The van der Waals surface area contributed by atoms with Gasteiger partial charge in [0.05, 0.1) is 4.90 Å². The highest BCUT2D eigenvalue weighted by Gasteiger charge is 2.31. The zero-order valence-corrected chi connectivity index (χ0v) is 15.5. The molecule has 0 spiro atoms. The molecule has 1 N–H and O–H groups in total. The lowest BCUT2D eigenvalue weighted by Gasteiger charge is -2.20. The average molecular weight is 377 g/mol. The van der Waals surface area contributed by atoms with Crippen molar-refractivity contribution in [3.05, 3.63) is 58.3 Å². The van der Waals surface area contributed by atoms with Crippen molar-refractivity contribution in [2.45, 2.75) is 30.3 Å². The molecule has 132 valence electrons. The molecule has 1 amide bonds. The van der Waals surface area contributed by atoms with Crippen molar-refractivity contribution in [1.29, 1.82) is 0 Å². The molecule has 1 fully saturated rings. The Balaban J connectivity index is 1.68. The van der Waals surface area contributed by atoms with Gasteiger partial charge in [-0.05, 0) is 66.1 Å². The van der Waals surface area contributed by atoms with Crippen molar-refractivity contribution < 1.29 is 13.2 Å². The minimum atomic E-state index is -3.44. The normalized spacial score (nSPS) is 14.8. The molecule has 0 unspecified atom stereocenters. The van der Waals surface area contributed by atoms with E-state index >= 15 is 0 Å². The summed E-state index contributed by atoms with van der Waals surface area (Å²) in [5, 5.41) is 4.08. The molecule has 0 atom stereocenters. The van der Waals surface area contributed by atoms with Crippen molar-refractivity contribution in [1.82, 2.24) is 9.62 Å². The van der Waals surface area contributed by atoms with Crippen LogP contribution in [-0.2, 0) is 21.4 Å². The lowest BCUT2D eigenvalue weighted by atomic mass is 10.2. The molecule has 1 aliphatic carbocycles. The Hall–Kier alpha value is -1.96. The average Bonchev–Trinajstić information content (AvgIpc) is 3.33. The fraction of sp³-hybridized carbons (Fsp3) is 0.278. The van der Waals surface area contributed by atoms with E-state index in [0.717, 1.165) is 24.0 Å². The second-order valence-corrected chi connectivity index (χ2v) is 8.61. The standard InChI is InChI=1S/C18H20N2O3S2/c1-19-25(22,23)17-7-2-14(3-8-17)4-9-18(21)20(16-5-6-16)12-15-10-11-24-13-15/h2-4,7-11,13,16,19H,5-6,12H2,1H3/b9-4+. The van der Waals surface area contributed by atoms with Crippen molar-refractivity contribution >= 4 is 33.3 Å². The lowest BCUT2D eigenvalue weighted by molar-refractivity contribution is -0.127. The summed E-state index contributed by atoms with van der Waals surface area (Å²) < 4.78 is 25.7. The first-order valence-electron chi connectivity index (χ1n) is 8.03. The van der Waals surface area contributed by atoms with Crippen LogP contribution in [0.25, 0.3) is 6.08 Å². The predicted molar refractivity (Wildman–Crippen MR) is 99.6 cm³/mol. The van der Waals surface area contributed by atoms with Crippen molar-refractivity contribution in [3.8, 4) is 0 Å². The molecule has 1 saturated carbocycles. The molecule has 0 radical (unpaired) electrons. The third-order valence-corrected chi connectivity index (χ3v) is 6.24. The zero-order chi connectivity index (χ0) is 17.9. The number of hydrogen-bond acceptors (Lipinski definition) is 4. The van der Waals surface area contributed by atoms with Gasteiger partial charge < -0.3 is 4.90 Å². The van der Waals surface area contributed by atoms with E-state index < -0.39 is 10.0 Å². The Kier molecular flexibility index (Phi) is 5.36. The Bertz CT molecular complexity index is 852. The number of nitrogens with one attached hydrogen (secondary N) is 1. The third-order valence-electron chi connectivity index (χ3n) is 4.08. The third kappa shape index (κ3) is 4.56. The molecule has 3 rings (SSSR count). The van der Waals surface area contributed by atoms with Crippen molar-refractivity contribution in [3.63, 3.8) is 0 Å². The first kappa shape index (κ1) is 17.8. The van der Waals surface area contributed by atoms with Crippen LogP contribution in [0.4, 0.5) is 0 Å². The van der Waals surface area contributed by atoms with Crippen LogP contribution in [0, 0.1) is 0 Å². The number of amides is 1. The van der Waals surface area contributed by atoms with Gasteiger partial charge in [0.1, 0.15) is 0 Å². The highest BCUT2D eigenvalue weighted by molar-refractivity contribution is 7.89. The molecule has 1 heterocycles. The van der Waals surface area contributed by atoms with Crippen LogP contribution in [-0.4, -0.2) is 32.3 Å². The van der Waals surface area contributed by atoms with Gasteiger partial charge in [0.2, 0.25) is 15.9 Å². The quantitative estimate of drug-likeness (QED) is 0.756. The number of thiophene rings is 1. The highest BCUT2D eigenvalue weighted by atomic mass is 32.2. The van der Waals surface area contributed by atoms with Gasteiger partial charge in [-0.2, -0.15) is 11.3 Å². The molecule has 0 bridgehead atoms. The Morgan fingerprint density at radius 3 is 2.56 bits per heavy atom. The molecular formula is C18H20N2O3S2. The van der Waals surface area contributed by atoms with Gasteiger partial charge in [0, 0.05) is 18.7 Å². The Morgan fingerprint density at radius 2 is 2.00 bits per heavy atom. The fourth-order valence-corrected chi connectivity index (χ4v) is 3.88. The summed E-state index contributed by atoms with van der Waals surface area (Å²) in [5.41, 5.74) is 1.94. The van der Waals surface area contributed by atoms with Gasteiger partial charge in [-0.15, -0.1) is 0 Å². The summed E-state index contributed by atoms with van der Waals surface area (Å²) in [6, 6.07) is 8.81. The first-order chi connectivity index (χ1) is 12.0. The van der Waals surface area contributed by atoms with E-state index in [0.29, 0.717) is 12.6 Å². The van der Waals surface area contributed by atoms with E-state index in [1.807, 2.05) is 16.3 Å². The summed E-state index contributed by atoms with van der Waals surface area (Å²) in [5.74, 6) is -0.0133. The highest BCUT2D eigenvalue weighted by Crippen LogP contribution is 2.29. The summed E-state index contributed by atoms with van der Waals surface area (Å²) in [4.78, 5) is 14.6. The molecule has 1 aromatic heterocycles. The topological polar surface area (TPSA) is 66.5 Å². The van der Waals surface area contributed by atoms with Crippen LogP contribution in [0.5, 0.6) is 0 Å². The van der Waals surface area contributed by atoms with E-state index in [1.54, 1.807) is 35.6 Å². The molecule has 0 saturated heterocycles. The van der Waals surface area contributed by atoms with Crippen LogP contribution in [0.15, 0.2) is 52.1 Å². The molecule has 1 aliphatic rings. The van der Waals surface area contributed by atoms with Crippen LogP contribution in [0.1, 0.15) is 24.0 Å². The number of rotatable bonds is 7. The minimum absolute atomic E-state index is 0.0133.